The van der Waals surface area contributed by atoms with Crippen molar-refractivity contribution in [3.63, 3.8) is 0 Å². The van der Waals surface area contributed by atoms with Gasteiger partial charge in [0.2, 0.25) is 0 Å². The van der Waals surface area contributed by atoms with E-state index in [4.69, 9.17) is 0 Å². The standard InChI is InChI=1S/C9H7NO2S2/c1-5-2-6-4-8(13)14-9(6)7(3-5)10(11)12/h2-4,13H,1H3. The number of nitro groups is 1. The molecular formula is C9H7NO2S2. The average Bonchev–Trinajstić information content (AvgIpc) is 2.42. The van der Waals surface area contributed by atoms with Gasteiger partial charge in [0.25, 0.3) is 5.69 Å². The third kappa shape index (κ3) is 1.49. The lowest BCUT2D eigenvalue weighted by Crippen LogP contribution is -1.88. The number of aryl methyl sites for hydroxylation is 1. The maximum absolute atomic E-state index is 10.8. The molecule has 0 radical (unpaired) electrons. The van der Waals surface area contributed by atoms with E-state index in [1.165, 1.54) is 11.3 Å². The maximum Gasteiger partial charge on any atom is 0.287 e. The zero-order chi connectivity index (χ0) is 10.3. The summed E-state index contributed by atoms with van der Waals surface area (Å²) in [5.74, 6) is 0. The molecule has 0 aliphatic carbocycles. The first-order valence-electron chi connectivity index (χ1n) is 3.95. The predicted molar refractivity (Wildman–Crippen MR) is 60.5 cm³/mol. The van der Waals surface area contributed by atoms with Crippen LogP contribution in [0.1, 0.15) is 5.56 Å². The Morgan fingerprint density at radius 3 is 2.79 bits per heavy atom. The Morgan fingerprint density at radius 2 is 2.14 bits per heavy atom. The van der Waals surface area contributed by atoms with Crippen LogP contribution in [-0.2, 0) is 0 Å². The molecule has 0 aliphatic heterocycles. The van der Waals surface area contributed by atoms with Crippen LogP contribution in [-0.4, -0.2) is 4.92 Å². The number of fused-ring (bicyclic) bond motifs is 1. The Morgan fingerprint density at radius 1 is 1.43 bits per heavy atom. The van der Waals surface area contributed by atoms with E-state index in [9.17, 15) is 10.1 Å². The summed E-state index contributed by atoms with van der Waals surface area (Å²) < 4.78 is 1.50. The van der Waals surface area contributed by atoms with Crippen LogP contribution in [0.2, 0.25) is 0 Å². The summed E-state index contributed by atoms with van der Waals surface area (Å²) in [7, 11) is 0. The summed E-state index contributed by atoms with van der Waals surface area (Å²) in [6.07, 6.45) is 0. The van der Waals surface area contributed by atoms with Gasteiger partial charge < -0.3 is 0 Å². The van der Waals surface area contributed by atoms with Crippen molar-refractivity contribution in [2.24, 2.45) is 0 Å². The molecule has 0 aliphatic rings. The van der Waals surface area contributed by atoms with E-state index in [0.29, 0.717) is 4.70 Å². The van der Waals surface area contributed by atoms with Crippen molar-refractivity contribution in [1.82, 2.24) is 0 Å². The lowest BCUT2D eigenvalue weighted by Gasteiger charge is -1.95. The molecule has 0 spiro atoms. The molecule has 3 nitrogen and oxygen atoms in total. The van der Waals surface area contributed by atoms with E-state index in [1.54, 1.807) is 6.07 Å². The highest BCUT2D eigenvalue weighted by Crippen LogP contribution is 2.35. The van der Waals surface area contributed by atoms with Crippen molar-refractivity contribution >= 4 is 39.7 Å². The van der Waals surface area contributed by atoms with Crippen LogP contribution >= 0.6 is 24.0 Å². The van der Waals surface area contributed by atoms with Gasteiger partial charge in [0.1, 0.15) is 4.70 Å². The Hall–Kier alpha value is -1.07. The molecule has 0 saturated carbocycles. The molecule has 1 aromatic carbocycles. The summed E-state index contributed by atoms with van der Waals surface area (Å²) in [6, 6.07) is 5.37. The monoisotopic (exact) mass is 225 g/mol. The molecule has 14 heavy (non-hydrogen) atoms. The minimum atomic E-state index is -0.348. The number of nitrogens with zero attached hydrogens (tertiary/aromatic N) is 1. The largest absolute Gasteiger partial charge is 0.287 e. The number of non-ortho nitro benzene ring substituents is 1. The highest BCUT2D eigenvalue weighted by atomic mass is 32.2. The lowest BCUT2D eigenvalue weighted by atomic mass is 10.1. The van der Waals surface area contributed by atoms with Crippen LogP contribution in [0.25, 0.3) is 10.1 Å². The van der Waals surface area contributed by atoms with Crippen LogP contribution in [0.15, 0.2) is 22.4 Å². The number of rotatable bonds is 1. The van der Waals surface area contributed by atoms with Gasteiger partial charge in [-0.15, -0.1) is 24.0 Å². The Kier molecular flexibility index (Phi) is 2.20. The Balaban J connectivity index is 2.85. The molecule has 72 valence electrons. The van der Waals surface area contributed by atoms with E-state index in [-0.39, 0.29) is 10.6 Å². The second-order valence-electron chi connectivity index (χ2n) is 3.04. The molecule has 1 heterocycles. The zero-order valence-corrected chi connectivity index (χ0v) is 9.06. The van der Waals surface area contributed by atoms with Gasteiger partial charge in [-0.3, -0.25) is 10.1 Å². The number of thiol groups is 1. The Bertz CT molecular complexity index is 519. The smallest absolute Gasteiger partial charge is 0.258 e. The van der Waals surface area contributed by atoms with E-state index in [0.717, 1.165) is 15.2 Å². The summed E-state index contributed by atoms with van der Waals surface area (Å²) in [5.41, 5.74) is 1.07. The van der Waals surface area contributed by atoms with Crippen molar-refractivity contribution in [3.8, 4) is 0 Å². The third-order valence-corrected chi connectivity index (χ3v) is 3.30. The summed E-state index contributed by atoms with van der Waals surface area (Å²) in [5, 5.41) is 11.7. The minimum Gasteiger partial charge on any atom is -0.258 e. The van der Waals surface area contributed by atoms with Crippen LogP contribution < -0.4 is 0 Å². The molecular weight excluding hydrogens is 218 g/mol. The van der Waals surface area contributed by atoms with Gasteiger partial charge in [-0.2, -0.15) is 0 Å². The van der Waals surface area contributed by atoms with Crippen molar-refractivity contribution in [2.75, 3.05) is 0 Å². The summed E-state index contributed by atoms with van der Waals surface area (Å²) >= 11 is 5.53. The number of nitro benzene ring substituents is 1. The molecule has 0 saturated heterocycles. The first-order valence-corrected chi connectivity index (χ1v) is 5.22. The van der Waals surface area contributed by atoms with Gasteiger partial charge in [-0.05, 0) is 18.6 Å². The molecule has 1 aromatic heterocycles. The highest BCUT2D eigenvalue weighted by Gasteiger charge is 2.14. The van der Waals surface area contributed by atoms with Gasteiger partial charge in [-0.1, -0.05) is 6.07 Å². The number of hydrogen-bond donors (Lipinski definition) is 1. The fraction of sp³-hybridized carbons (Fsp3) is 0.111. The van der Waals surface area contributed by atoms with Crippen molar-refractivity contribution in [3.05, 3.63) is 33.9 Å². The van der Waals surface area contributed by atoms with E-state index in [1.807, 2.05) is 19.1 Å². The van der Waals surface area contributed by atoms with Crippen LogP contribution in [0.3, 0.4) is 0 Å². The SMILES string of the molecule is Cc1cc([N+](=O)[O-])c2sc(S)cc2c1. The van der Waals surface area contributed by atoms with Crippen molar-refractivity contribution in [2.45, 2.75) is 11.1 Å². The fourth-order valence-corrected chi connectivity index (χ4v) is 2.68. The van der Waals surface area contributed by atoms with Crippen LogP contribution in [0.4, 0.5) is 5.69 Å². The Labute approximate surface area is 89.9 Å². The maximum atomic E-state index is 10.8. The van der Waals surface area contributed by atoms with Gasteiger partial charge >= 0.3 is 0 Å². The van der Waals surface area contributed by atoms with Gasteiger partial charge in [0, 0.05) is 11.5 Å². The van der Waals surface area contributed by atoms with Crippen molar-refractivity contribution in [1.29, 1.82) is 0 Å². The van der Waals surface area contributed by atoms with E-state index < -0.39 is 0 Å². The third-order valence-electron chi connectivity index (χ3n) is 1.92. The summed E-state index contributed by atoms with van der Waals surface area (Å²) in [6.45, 7) is 1.85. The number of hydrogen-bond acceptors (Lipinski definition) is 4. The first-order chi connectivity index (χ1) is 6.58. The molecule has 2 rings (SSSR count). The minimum absolute atomic E-state index is 0.172. The molecule has 5 heteroatoms. The van der Waals surface area contributed by atoms with E-state index in [2.05, 4.69) is 12.6 Å². The van der Waals surface area contributed by atoms with Gasteiger partial charge in [-0.25, -0.2) is 0 Å². The van der Waals surface area contributed by atoms with Crippen LogP contribution in [0.5, 0.6) is 0 Å². The van der Waals surface area contributed by atoms with Crippen molar-refractivity contribution < 1.29 is 4.92 Å². The molecule has 2 aromatic rings. The topological polar surface area (TPSA) is 43.1 Å². The van der Waals surface area contributed by atoms with Gasteiger partial charge in [0.15, 0.2) is 0 Å². The fourth-order valence-electron chi connectivity index (χ4n) is 1.40. The summed E-state index contributed by atoms with van der Waals surface area (Å²) in [4.78, 5) is 10.4. The zero-order valence-electron chi connectivity index (χ0n) is 7.35. The molecule has 0 amide bonds. The van der Waals surface area contributed by atoms with E-state index >= 15 is 0 Å². The lowest BCUT2D eigenvalue weighted by molar-refractivity contribution is -0.382. The highest BCUT2D eigenvalue weighted by molar-refractivity contribution is 7.83. The molecule has 0 fully saturated rings. The second-order valence-corrected chi connectivity index (χ2v) is 4.88. The van der Waals surface area contributed by atoms with Crippen LogP contribution in [0, 0.1) is 17.0 Å². The first kappa shape index (κ1) is 9.48. The second kappa shape index (κ2) is 3.25. The van der Waals surface area contributed by atoms with Gasteiger partial charge in [0.05, 0.1) is 9.13 Å². The molecule has 0 atom stereocenters. The predicted octanol–water partition coefficient (Wildman–Crippen LogP) is 3.41. The molecule has 0 N–H and O–H groups in total. The molecule has 0 bridgehead atoms. The quantitative estimate of drug-likeness (QED) is 0.459. The normalized spacial score (nSPS) is 10.7. The average molecular weight is 225 g/mol. The number of thiophene rings is 1. The number of benzene rings is 1. The molecule has 0 unspecified atom stereocenters.